The molecule has 1 atom stereocenters. The fourth-order valence-electron chi connectivity index (χ4n) is 2.48. The largest absolute Gasteiger partial charge is 0.381 e. The molecule has 0 aliphatic carbocycles. The summed E-state index contributed by atoms with van der Waals surface area (Å²) in [6.45, 7) is 2.28. The molecule has 5 heteroatoms. The topological polar surface area (TPSA) is 38.3 Å². The summed E-state index contributed by atoms with van der Waals surface area (Å²) in [6.07, 6.45) is 3.71. The van der Waals surface area contributed by atoms with Crippen LogP contribution in [0.3, 0.4) is 0 Å². The maximum absolute atomic E-state index is 12.8. The molecule has 1 saturated heterocycles. The van der Waals surface area contributed by atoms with Crippen molar-refractivity contribution in [2.45, 2.75) is 31.4 Å². The minimum atomic E-state index is -0.195. The molecular weight excluding hydrogens is 301 g/mol. The highest BCUT2D eigenvalue weighted by molar-refractivity contribution is 7.98. The summed E-state index contributed by atoms with van der Waals surface area (Å²) in [6, 6.07) is 6.61. The molecule has 1 aliphatic heterocycles. The maximum Gasteiger partial charge on any atom is 0.220 e. The Labute approximate surface area is 136 Å². The second-order valence-corrected chi connectivity index (χ2v) is 6.78. The Kier molecular flexibility index (Phi) is 7.74. The quantitative estimate of drug-likeness (QED) is 0.745. The molecule has 1 heterocycles. The summed E-state index contributed by atoms with van der Waals surface area (Å²) in [5.41, 5.74) is 1.13. The summed E-state index contributed by atoms with van der Waals surface area (Å²) in [5.74, 6) is 2.21. The van der Waals surface area contributed by atoms with Gasteiger partial charge in [-0.25, -0.2) is 4.39 Å². The van der Waals surface area contributed by atoms with Gasteiger partial charge in [-0.1, -0.05) is 12.1 Å². The molecule has 0 radical (unpaired) electrons. The van der Waals surface area contributed by atoms with Crippen LogP contribution in [0.15, 0.2) is 24.3 Å². The van der Waals surface area contributed by atoms with Crippen LogP contribution in [0, 0.1) is 11.7 Å². The predicted octanol–water partition coefficient (Wildman–Crippen LogP) is 3.38. The monoisotopic (exact) mass is 325 g/mol. The Bertz CT molecular complexity index is 446. The van der Waals surface area contributed by atoms with Crippen LogP contribution in [0.2, 0.25) is 0 Å². The molecule has 0 saturated carbocycles. The first-order valence-corrected chi connectivity index (χ1v) is 9.06. The van der Waals surface area contributed by atoms with Gasteiger partial charge in [-0.2, -0.15) is 11.8 Å². The van der Waals surface area contributed by atoms with E-state index >= 15 is 0 Å². The van der Waals surface area contributed by atoms with Crippen molar-refractivity contribution in [1.29, 1.82) is 0 Å². The number of benzene rings is 1. The zero-order valence-corrected chi connectivity index (χ0v) is 13.7. The van der Waals surface area contributed by atoms with Crippen LogP contribution < -0.4 is 5.32 Å². The normalized spacial score (nSPS) is 18.1. The first-order chi connectivity index (χ1) is 10.7. The molecule has 1 aliphatic rings. The number of hydrogen-bond donors (Lipinski definition) is 1. The second kappa shape index (κ2) is 9.85. The van der Waals surface area contributed by atoms with Crippen molar-refractivity contribution in [2.24, 2.45) is 5.92 Å². The molecule has 1 aromatic carbocycles. The van der Waals surface area contributed by atoms with Gasteiger partial charge in [0.15, 0.2) is 0 Å². The van der Waals surface area contributed by atoms with Crippen LogP contribution in [0.1, 0.15) is 31.2 Å². The van der Waals surface area contributed by atoms with Gasteiger partial charge in [0.25, 0.3) is 0 Å². The van der Waals surface area contributed by atoms with Crippen LogP contribution in [-0.2, 0) is 15.3 Å². The Morgan fingerprint density at radius 1 is 1.36 bits per heavy atom. The van der Waals surface area contributed by atoms with Crippen molar-refractivity contribution < 1.29 is 13.9 Å². The molecule has 122 valence electrons. The van der Waals surface area contributed by atoms with Crippen molar-refractivity contribution in [3.63, 3.8) is 0 Å². The Morgan fingerprint density at radius 2 is 2.18 bits per heavy atom. The highest BCUT2D eigenvalue weighted by atomic mass is 32.2. The molecule has 1 amide bonds. The molecule has 1 aromatic rings. The van der Waals surface area contributed by atoms with Gasteiger partial charge in [0.05, 0.1) is 0 Å². The third-order valence-electron chi connectivity index (χ3n) is 3.70. The lowest BCUT2D eigenvalue weighted by Crippen LogP contribution is -2.29. The number of thioether (sulfide) groups is 1. The van der Waals surface area contributed by atoms with E-state index < -0.39 is 0 Å². The molecule has 1 fully saturated rings. The standard InChI is InChI=1S/C17H24FNO2S/c18-16-6-4-14(5-7-16)13-22-10-2-8-19-17(20)11-15-3-1-9-21-12-15/h4-7,15H,1-3,8-13H2,(H,19,20)/t15-/m0/s1. The average molecular weight is 325 g/mol. The van der Waals surface area contributed by atoms with Gasteiger partial charge in [0.2, 0.25) is 5.91 Å². The minimum absolute atomic E-state index is 0.138. The zero-order valence-electron chi connectivity index (χ0n) is 12.9. The van der Waals surface area contributed by atoms with Gasteiger partial charge in [0.1, 0.15) is 5.82 Å². The molecule has 0 spiro atoms. The lowest BCUT2D eigenvalue weighted by Gasteiger charge is -2.21. The number of rotatable bonds is 8. The van der Waals surface area contributed by atoms with Crippen molar-refractivity contribution in [3.05, 3.63) is 35.6 Å². The van der Waals surface area contributed by atoms with Gasteiger partial charge in [0, 0.05) is 31.9 Å². The SMILES string of the molecule is O=C(C[C@@H]1CCCOC1)NCCCSCc1ccc(F)cc1. The Morgan fingerprint density at radius 3 is 2.91 bits per heavy atom. The number of hydrogen-bond acceptors (Lipinski definition) is 3. The molecule has 0 bridgehead atoms. The Balaban J connectivity index is 1.48. The van der Waals surface area contributed by atoms with E-state index in [9.17, 15) is 9.18 Å². The molecule has 1 N–H and O–H groups in total. The first kappa shape index (κ1) is 17.3. The van der Waals surface area contributed by atoms with E-state index in [0.717, 1.165) is 56.1 Å². The number of ether oxygens (including phenoxy) is 1. The van der Waals surface area contributed by atoms with Gasteiger partial charge >= 0.3 is 0 Å². The van der Waals surface area contributed by atoms with Crippen LogP contribution >= 0.6 is 11.8 Å². The van der Waals surface area contributed by atoms with E-state index in [2.05, 4.69) is 5.32 Å². The number of halogens is 1. The van der Waals surface area contributed by atoms with E-state index in [-0.39, 0.29) is 11.7 Å². The van der Waals surface area contributed by atoms with Crippen molar-refractivity contribution in [1.82, 2.24) is 5.32 Å². The van der Waals surface area contributed by atoms with Crippen LogP contribution in [-0.4, -0.2) is 31.4 Å². The lowest BCUT2D eigenvalue weighted by molar-refractivity contribution is -0.123. The first-order valence-electron chi connectivity index (χ1n) is 7.90. The predicted molar refractivity (Wildman–Crippen MR) is 88.3 cm³/mol. The molecule has 0 aromatic heterocycles. The number of carbonyl (C=O) groups is 1. The van der Waals surface area contributed by atoms with Gasteiger partial charge in [-0.3, -0.25) is 4.79 Å². The van der Waals surface area contributed by atoms with Crippen molar-refractivity contribution in [2.75, 3.05) is 25.5 Å². The maximum atomic E-state index is 12.8. The van der Waals surface area contributed by atoms with E-state index in [1.165, 1.54) is 12.1 Å². The average Bonchev–Trinajstić information content (AvgIpc) is 2.53. The van der Waals surface area contributed by atoms with Crippen molar-refractivity contribution >= 4 is 17.7 Å². The van der Waals surface area contributed by atoms with Crippen molar-refractivity contribution in [3.8, 4) is 0 Å². The van der Waals surface area contributed by atoms with Gasteiger partial charge in [-0.15, -0.1) is 0 Å². The lowest BCUT2D eigenvalue weighted by atomic mass is 9.98. The number of carbonyl (C=O) groups excluding carboxylic acids is 1. The molecule has 2 rings (SSSR count). The smallest absolute Gasteiger partial charge is 0.220 e. The highest BCUT2D eigenvalue weighted by Gasteiger charge is 2.17. The van der Waals surface area contributed by atoms with E-state index in [1.54, 1.807) is 11.8 Å². The highest BCUT2D eigenvalue weighted by Crippen LogP contribution is 2.17. The van der Waals surface area contributed by atoms with Crippen LogP contribution in [0.25, 0.3) is 0 Å². The van der Waals surface area contributed by atoms with E-state index in [4.69, 9.17) is 4.74 Å². The van der Waals surface area contributed by atoms with Gasteiger partial charge < -0.3 is 10.1 Å². The summed E-state index contributed by atoms with van der Waals surface area (Å²) in [7, 11) is 0. The summed E-state index contributed by atoms with van der Waals surface area (Å²) in [4.78, 5) is 11.8. The van der Waals surface area contributed by atoms with E-state index in [0.29, 0.717) is 12.3 Å². The Hall–Kier alpha value is -1.07. The fraction of sp³-hybridized carbons (Fsp3) is 0.588. The molecular formula is C17H24FNO2S. The van der Waals surface area contributed by atoms with Crippen LogP contribution in [0.4, 0.5) is 4.39 Å². The molecule has 0 unspecified atom stereocenters. The zero-order chi connectivity index (χ0) is 15.6. The van der Waals surface area contributed by atoms with E-state index in [1.807, 2.05) is 12.1 Å². The molecule has 3 nitrogen and oxygen atoms in total. The number of nitrogens with one attached hydrogen (secondary N) is 1. The fourth-order valence-corrected chi connectivity index (χ4v) is 3.40. The third-order valence-corrected chi connectivity index (χ3v) is 4.81. The third kappa shape index (κ3) is 6.79. The summed E-state index contributed by atoms with van der Waals surface area (Å²) in [5, 5.41) is 2.98. The second-order valence-electron chi connectivity index (χ2n) is 5.67. The van der Waals surface area contributed by atoms with Crippen LogP contribution in [0.5, 0.6) is 0 Å². The van der Waals surface area contributed by atoms with Gasteiger partial charge in [-0.05, 0) is 48.6 Å². The molecule has 22 heavy (non-hydrogen) atoms. The summed E-state index contributed by atoms with van der Waals surface area (Å²) < 4.78 is 18.1. The summed E-state index contributed by atoms with van der Waals surface area (Å²) >= 11 is 1.81. The number of amides is 1. The minimum Gasteiger partial charge on any atom is -0.381 e.